The third-order valence-electron chi connectivity index (χ3n) is 4.87. The van der Waals surface area contributed by atoms with Gasteiger partial charge in [0.05, 0.1) is 17.4 Å². The molecule has 6 nitrogen and oxygen atoms in total. The molecule has 3 aromatic rings. The summed E-state index contributed by atoms with van der Waals surface area (Å²) in [5.41, 5.74) is 7.06. The molecule has 3 heterocycles. The van der Waals surface area contributed by atoms with Gasteiger partial charge in [-0.1, -0.05) is 24.3 Å². The van der Waals surface area contributed by atoms with Crippen LogP contribution in [0.1, 0.15) is 25.5 Å². The number of nitrogens with two attached hydrogens (primary N) is 1. The van der Waals surface area contributed by atoms with Gasteiger partial charge in [0.25, 0.3) is 0 Å². The molecule has 3 N–H and O–H groups in total. The fraction of sp³-hybridized carbons (Fsp3) is 0.353. The van der Waals surface area contributed by atoms with E-state index in [1.54, 1.807) is 6.20 Å². The molecule has 6 heteroatoms. The quantitative estimate of drug-likeness (QED) is 0.758. The lowest BCUT2D eigenvalue weighted by atomic mass is 9.82. The lowest BCUT2D eigenvalue weighted by Gasteiger charge is -2.47. The molecule has 0 amide bonds. The standard InChI is InChI=1S/C17H20N6/c1-17(15-6-8-19-21-15)10-13(18)7-9-23(17)16-14-5-3-2-4-12(14)11-20-22-16/h2-6,8,11,13H,7,9-10,18H2,1H3,(H,19,21). The lowest BCUT2D eigenvalue weighted by molar-refractivity contribution is 0.301. The van der Waals surface area contributed by atoms with Gasteiger partial charge in [-0.05, 0) is 25.8 Å². The van der Waals surface area contributed by atoms with Gasteiger partial charge in [-0.3, -0.25) is 5.10 Å². The van der Waals surface area contributed by atoms with Crippen molar-refractivity contribution in [3.8, 4) is 0 Å². The number of H-pyrrole nitrogens is 1. The predicted octanol–water partition coefficient (Wildman–Crippen LogP) is 2.20. The van der Waals surface area contributed by atoms with Crippen molar-refractivity contribution < 1.29 is 0 Å². The summed E-state index contributed by atoms with van der Waals surface area (Å²) >= 11 is 0. The first kappa shape index (κ1) is 14.1. The van der Waals surface area contributed by atoms with Gasteiger partial charge < -0.3 is 10.6 Å². The molecule has 2 unspecified atom stereocenters. The number of fused-ring (bicyclic) bond motifs is 1. The SMILES string of the molecule is CC1(c2ccn[nH]2)CC(N)CCN1c1nncc2ccccc12. The molecular formula is C17H20N6. The average molecular weight is 308 g/mol. The fourth-order valence-electron chi connectivity index (χ4n) is 3.63. The second kappa shape index (κ2) is 5.31. The van der Waals surface area contributed by atoms with Crippen molar-refractivity contribution in [1.29, 1.82) is 0 Å². The minimum Gasteiger partial charge on any atom is -0.343 e. The molecule has 0 spiro atoms. The summed E-state index contributed by atoms with van der Waals surface area (Å²) in [6, 6.07) is 10.4. The van der Waals surface area contributed by atoms with E-state index in [1.807, 2.05) is 24.4 Å². The third-order valence-corrected chi connectivity index (χ3v) is 4.87. The van der Waals surface area contributed by atoms with Gasteiger partial charge in [0.1, 0.15) is 0 Å². The predicted molar refractivity (Wildman–Crippen MR) is 90.0 cm³/mol. The van der Waals surface area contributed by atoms with Crippen LogP contribution in [0.25, 0.3) is 10.8 Å². The summed E-state index contributed by atoms with van der Waals surface area (Å²) in [6.07, 6.45) is 5.38. The van der Waals surface area contributed by atoms with Crippen LogP contribution in [0.15, 0.2) is 42.7 Å². The Balaban J connectivity index is 1.88. The molecule has 1 aliphatic rings. The monoisotopic (exact) mass is 308 g/mol. The second-order valence-corrected chi connectivity index (χ2v) is 6.40. The Hall–Kier alpha value is -2.47. The number of anilines is 1. The highest BCUT2D eigenvalue weighted by Crippen LogP contribution is 2.40. The van der Waals surface area contributed by atoms with Crippen molar-refractivity contribution in [3.05, 3.63) is 48.4 Å². The number of benzene rings is 1. The van der Waals surface area contributed by atoms with Crippen LogP contribution in [0.5, 0.6) is 0 Å². The van der Waals surface area contributed by atoms with E-state index in [1.165, 1.54) is 0 Å². The zero-order valence-corrected chi connectivity index (χ0v) is 13.1. The fourth-order valence-corrected chi connectivity index (χ4v) is 3.63. The largest absolute Gasteiger partial charge is 0.343 e. The lowest BCUT2D eigenvalue weighted by Crippen LogP contribution is -2.54. The van der Waals surface area contributed by atoms with Crippen LogP contribution >= 0.6 is 0 Å². The van der Waals surface area contributed by atoms with Crippen molar-refractivity contribution >= 4 is 16.6 Å². The van der Waals surface area contributed by atoms with Crippen molar-refractivity contribution in [1.82, 2.24) is 20.4 Å². The molecule has 23 heavy (non-hydrogen) atoms. The maximum atomic E-state index is 6.27. The van der Waals surface area contributed by atoms with E-state index in [-0.39, 0.29) is 11.6 Å². The minimum absolute atomic E-state index is 0.169. The van der Waals surface area contributed by atoms with Crippen LogP contribution in [-0.4, -0.2) is 33.0 Å². The molecule has 2 aromatic heterocycles. The third kappa shape index (κ3) is 2.26. The van der Waals surface area contributed by atoms with Gasteiger partial charge in [-0.15, -0.1) is 5.10 Å². The number of aromatic amines is 1. The first-order chi connectivity index (χ1) is 11.2. The van der Waals surface area contributed by atoms with E-state index in [0.29, 0.717) is 0 Å². The van der Waals surface area contributed by atoms with Crippen LogP contribution in [0, 0.1) is 0 Å². The molecule has 1 aromatic carbocycles. The van der Waals surface area contributed by atoms with E-state index < -0.39 is 0 Å². The summed E-state index contributed by atoms with van der Waals surface area (Å²) in [6.45, 7) is 3.04. The Morgan fingerprint density at radius 3 is 3.00 bits per heavy atom. The number of hydrogen-bond donors (Lipinski definition) is 2. The highest BCUT2D eigenvalue weighted by molar-refractivity contribution is 5.91. The number of aromatic nitrogens is 4. The molecule has 0 saturated carbocycles. The average Bonchev–Trinajstić information content (AvgIpc) is 3.10. The molecule has 118 valence electrons. The molecule has 1 saturated heterocycles. The second-order valence-electron chi connectivity index (χ2n) is 6.40. The Kier molecular flexibility index (Phi) is 3.27. The van der Waals surface area contributed by atoms with Gasteiger partial charge in [-0.25, -0.2) is 0 Å². The van der Waals surface area contributed by atoms with Crippen molar-refractivity contribution in [2.45, 2.75) is 31.3 Å². The first-order valence-electron chi connectivity index (χ1n) is 7.92. The summed E-state index contributed by atoms with van der Waals surface area (Å²) in [5.74, 6) is 0.909. The molecule has 0 aliphatic carbocycles. The van der Waals surface area contributed by atoms with E-state index in [9.17, 15) is 0 Å². The van der Waals surface area contributed by atoms with Gasteiger partial charge >= 0.3 is 0 Å². The van der Waals surface area contributed by atoms with Gasteiger partial charge in [0.2, 0.25) is 0 Å². The van der Waals surface area contributed by atoms with Crippen molar-refractivity contribution in [2.24, 2.45) is 5.73 Å². The normalized spacial score (nSPS) is 25.0. The minimum atomic E-state index is -0.271. The summed E-state index contributed by atoms with van der Waals surface area (Å²) in [5, 5.41) is 18.1. The molecule has 4 rings (SSSR count). The first-order valence-corrected chi connectivity index (χ1v) is 7.92. The topological polar surface area (TPSA) is 83.7 Å². The van der Waals surface area contributed by atoms with Crippen LogP contribution in [0.4, 0.5) is 5.82 Å². The summed E-state index contributed by atoms with van der Waals surface area (Å²) in [7, 11) is 0. The smallest absolute Gasteiger partial charge is 0.159 e. The van der Waals surface area contributed by atoms with Crippen LogP contribution in [-0.2, 0) is 5.54 Å². The van der Waals surface area contributed by atoms with Crippen molar-refractivity contribution in [3.63, 3.8) is 0 Å². The summed E-state index contributed by atoms with van der Waals surface area (Å²) < 4.78 is 0. The molecular weight excluding hydrogens is 288 g/mol. The van der Waals surface area contributed by atoms with Crippen LogP contribution in [0.2, 0.25) is 0 Å². The summed E-state index contributed by atoms with van der Waals surface area (Å²) in [4.78, 5) is 2.32. The molecule has 0 bridgehead atoms. The Labute approximate surface area is 134 Å². The number of hydrogen-bond acceptors (Lipinski definition) is 5. The highest BCUT2D eigenvalue weighted by Gasteiger charge is 2.41. The van der Waals surface area contributed by atoms with Gasteiger partial charge in [0.15, 0.2) is 5.82 Å². The zero-order chi connectivity index (χ0) is 15.9. The maximum absolute atomic E-state index is 6.27. The van der Waals surface area contributed by atoms with E-state index in [2.05, 4.69) is 44.4 Å². The van der Waals surface area contributed by atoms with Crippen LogP contribution < -0.4 is 10.6 Å². The van der Waals surface area contributed by atoms with E-state index >= 15 is 0 Å². The number of nitrogens with one attached hydrogen (secondary N) is 1. The van der Waals surface area contributed by atoms with Gasteiger partial charge in [-0.2, -0.15) is 10.2 Å². The molecule has 1 aliphatic heterocycles. The highest BCUT2D eigenvalue weighted by atomic mass is 15.3. The van der Waals surface area contributed by atoms with E-state index in [4.69, 9.17) is 5.73 Å². The zero-order valence-electron chi connectivity index (χ0n) is 13.1. The Morgan fingerprint density at radius 2 is 2.17 bits per heavy atom. The number of nitrogens with zero attached hydrogens (tertiary/aromatic N) is 4. The molecule has 2 atom stereocenters. The molecule has 1 fully saturated rings. The van der Waals surface area contributed by atoms with Crippen LogP contribution in [0.3, 0.4) is 0 Å². The van der Waals surface area contributed by atoms with E-state index in [0.717, 1.165) is 41.7 Å². The molecule has 0 radical (unpaired) electrons. The van der Waals surface area contributed by atoms with Crippen molar-refractivity contribution in [2.75, 3.05) is 11.4 Å². The van der Waals surface area contributed by atoms with Gasteiger partial charge in [0, 0.05) is 29.6 Å². The maximum Gasteiger partial charge on any atom is 0.159 e. The Morgan fingerprint density at radius 1 is 1.30 bits per heavy atom. The number of rotatable bonds is 2. The Bertz CT molecular complexity index is 810. The number of piperidine rings is 1.